The van der Waals surface area contributed by atoms with Gasteiger partial charge in [-0.25, -0.2) is 0 Å². The van der Waals surface area contributed by atoms with Crippen LogP contribution >= 0.6 is 0 Å². The molecule has 8 nitrogen and oxygen atoms in total. The maximum atomic E-state index is 13.1. The minimum absolute atomic E-state index is 0.302. The lowest BCUT2D eigenvalue weighted by atomic mass is 9.98. The Morgan fingerprint density at radius 2 is 1.84 bits per heavy atom. The molecule has 32 heavy (non-hydrogen) atoms. The minimum Gasteiger partial charge on any atom is -0.481 e. The summed E-state index contributed by atoms with van der Waals surface area (Å²) < 4.78 is 45.4. The van der Waals surface area contributed by atoms with Gasteiger partial charge in [-0.05, 0) is 23.8 Å². The molecule has 0 saturated heterocycles. The van der Waals surface area contributed by atoms with Gasteiger partial charge in [-0.15, -0.1) is 0 Å². The van der Waals surface area contributed by atoms with Gasteiger partial charge in [0.25, 0.3) is 0 Å². The Labute approximate surface area is 181 Å². The molecule has 0 aliphatic carbocycles. The summed E-state index contributed by atoms with van der Waals surface area (Å²) in [6.07, 6.45) is -5.95. The highest BCUT2D eigenvalue weighted by molar-refractivity contribution is 5.90. The highest BCUT2D eigenvalue weighted by Crippen LogP contribution is 2.39. The number of nitrogens with zero attached hydrogens (tertiary/aromatic N) is 1. The average molecular weight is 450 g/mol. The van der Waals surface area contributed by atoms with E-state index in [-0.39, 0.29) is 5.91 Å². The number of carbonyl (C=O) groups is 3. The van der Waals surface area contributed by atoms with E-state index in [1.807, 2.05) is 0 Å². The number of halogens is 3. The van der Waals surface area contributed by atoms with Crippen molar-refractivity contribution >= 4 is 29.1 Å². The second-order valence-corrected chi connectivity index (χ2v) is 7.24. The lowest BCUT2D eigenvalue weighted by Gasteiger charge is -2.38. The highest BCUT2D eigenvalue weighted by atomic mass is 19.4. The Balaban J connectivity index is 1.96. The van der Waals surface area contributed by atoms with Crippen LogP contribution in [-0.4, -0.2) is 47.9 Å². The molecule has 1 aliphatic rings. The van der Waals surface area contributed by atoms with E-state index in [2.05, 4.69) is 10.6 Å². The fourth-order valence-corrected chi connectivity index (χ4v) is 3.43. The number of benzene rings is 2. The number of anilines is 2. The zero-order valence-corrected chi connectivity index (χ0v) is 17.0. The number of hydrogen-bond donors (Lipinski definition) is 3. The van der Waals surface area contributed by atoms with E-state index in [1.165, 1.54) is 6.92 Å². The quantitative estimate of drug-likeness (QED) is 0.626. The molecule has 3 amide bonds. The van der Waals surface area contributed by atoms with E-state index in [4.69, 9.17) is 10.5 Å². The lowest BCUT2D eigenvalue weighted by molar-refractivity contribution is -0.186. The van der Waals surface area contributed by atoms with Crippen LogP contribution in [0.3, 0.4) is 0 Å². The van der Waals surface area contributed by atoms with Crippen molar-refractivity contribution in [3.63, 3.8) is 0 Å². The van der Waals surface area contributed by atoms with Crippen LogP contribution in [0.1, 0.15) is 18.6 Å². The number of hydrogen-bond acceptors (Lipinski definition) is 5. The largest absolute Gasteiger partial charge is 0.481 e. The number of primary amides is 1. The number of nitrogens with two attached hydrogens (primary N) is 1. The summed E-state index contributed by atoms with van der Waals surface area (Å²) >= 11 is 0. The summed E-state index contributed by atoms with van der Waals surface area (Å²) in [4.78, 5) is 35.0. The molecule has 0 radical (unpaired) electrons. The van der Waals surface area contributed by atoms with Crippen molar-refractivity contribution < 1.29 is 32.3 Å². The summed E-state index contributed by atoms with van der Waals surface area (Å²) in [6.45, 7) is -0.0798. The van der Waals surface area contributed by atoms with Crippen molar-refractivity contribution in [3.8, 4) is 5.75 Å². The van der Waals surface area contributed by atoms with E-state index in [1.54, 1.807) is 48.5 Å². The zero-order chi connectivity index (χ0) is 23.5. The van der Waals surface area contributed by atoms with Gasteiger partial charge in [-0.2, -0.15) is 13.2 Å². The van der Waals surface area contributed by atoms with Crippen LogP contribution in [0.2, 0.25) is 0 Å². The molecule has 2 atom stereocenters. The molecule has 0 saturated carbocycles. The van der Waals surface area contributed by atoms with Crippen molar-refractivity contribution in [2.24, 2.45) is 5.73 Å². The van der Waals surface area contributed by atoms with Crippen molar-refractivity contribution in [3.05, 3.63) is 54.1 Å². The molecule has 1 aliphatic heterocycles. The molecule has 2 aromatic carbocycles. The third-order valence-corrected chi connectivity index (χ3v) is 4.68. The third-order valence-electron chi connectivity index (χ3n) is 4.68. The van der Waals surface area contributed by atoms with Gasteiger partial charge in [-0.3, -0.25) is 14.4 Å². The summed E-state index contributed by atoms with van der Waals surface area (Å²) in [6, 6.07) is 12.7. The lowest BCUT2D eigenvalue weighted by Crippen LogP contribution is -2.52. The Kier molecular flexibility index (Phi) is 6.56. The fraction of sp³-hybridized carbons (Fsp3) is 0.286. The van der Waals surface area contributed by atoms with Crippen LogP contribution in [0.15, 0.2) is 48.5 Å². The van der Waals surface area contributed by atoms with Crippen LogP contribution in [0, 0.1) is 0 Å². The zero-order valence-electron chi connectivity index (χ0n) is 17.0. The van der Waals surface area contributed by atoms with Gasteiger partial charge in [0.2, 0.25) is 11.8 Å². The molecular formula is C21H21F3N4O4. The second kappa shape index (κ2) is 9.16. The van der Waals surface area contributed by atoms with Gasteiger partial charge in [0.1, 0.15) is 11.9 Å². The van der Waals surface area contributed by atoms with E-state index < -0.39 is 43.2 Å². The Morgan fingerprint density at radius 1 is 1.16 bits per heavy atom. The Morgan fingerprint density at radius 3 is 2.44 bits per heavy atom. The molecule has 0 fully saturated rings. The fourth-order valence-electron chi connectivity index (χ4n) is 3.43. The molecule has 2 unspecified atom stereocenters. The van der Waals surface area contributed by atoms with Crippen LogP contribution < -0.4 is 21.1 Å². The Hall–Kier alpha value is -3.76. The summed E-state index contributed by atoms with van der Waals surface area (Å²) in [5.41, 5.74) is 6.59. The predicted molar refractivity (Wildman–Crippen MR) is 110 cm³/mol. The first kappa shape index (κ1) is 22.9. The number of rotatable bonds is 6. The molecule has 3 rings (SSSR count). The normalized spacial score (nSPS) is 17.4. The number of ether oxygens (including phenoxy) is 1. The van der Waals surface area contributed by atoms with Gasteiger partial charge in [0, 0.05) is 19.2 Å². The van der Waals surface area contributed by atoms with Crippen LogP contribution in [-0.2, 0) is 14.4 Å². The maximum Gasteiger partial charge on any atom is 0.471 e. The van der Waals surface area contributed by atoms with Gasteiger partial charge in [0.05, 0.1) is 18.3 Å². The predicted octanol–water partition coefficient (Wildman–Crippen LogP) is 2.44. The first-order valence-electron chi connectivity index (χ1n) is 9.59. The molecular weight excluding hydrogens is 429 g/mol. The van der Waals surface area contributed by atoms with Crippen molar-refractivity contribution in [2.75, 3.05) is 23.7 Å². The number of carbonyl (C=O) groups excluding carboxylic acids is 3. The van der Waals surface area contributed by atoms with Gasteiger partial charge >= 0.3 is 12.1 Å². The maximum absolute atomic E-state index is 13.1. The number of amides is 3. The van der Waals surface area contributed by atoms with Gasteiger partial charge in [0.15, 0.2) is 0 Å². The smallest absolute Gasteiger partial charge is 0.471 e. The Bertz CT molecular complexity index is 1010. The molecule has 170 valence electrons. The molecule has 0 aromatic heterocycles. The van der Waals surface area contributed by atoms with Crippen LogP contribution in [0.5, 0.6) is 5.75 Å². The van der Waals surface area contributed by atoms with E-state index in [0.29, 0.717) is 27.6 Å². The van der Waals surface area contributed by atoms with E-state index in [0.717, 1.165) is 0 Å². The van der Waals surface area contributed by atoms with Crippen molar-refractivity contribution in [1.29, 1.82) is 0 Å². The van der Waals surface area contributed by atoms with Crippen molar-refractivity contribution in [1.82, 2.24) is 4.90 Å². The molecule has 4 N–H and O–H groups in total. The average Bonchev–Trinajstić information content (AvgIpc) is 2.71. The molecule has 0 spiro atoms. The SMILES string of the molecule is CC(=O)Nc1ccc2c(c1)NC(CN(CC(N)=O)C(=O)C(F)(F)F)C(c1ccccc1)O2. The minimum atomic E-state index is -5.18. The number of alkyl halides is 3. The molecule has 0 bridgehead atoms. The molecule has 11 heteroatoms. The standard InChI is InChI=1S/C21H21F3N4O4/c1-12(29)26-14-7-8-17-15(9-14)27-16(19(32-17)13-5-3-2-4-6-13)10-28(11-18(25)30)20(31)21(22,23)24/h2-9,16,19,27H,10-11H2,1H3,(H2,25,30)(H,26,29). The van der Waals surface area contributed by atoms with E-state index >= 15 is 0 Å². The highest BCUT2D eigenvalue weighted by Gasteiger charge is 2.44. The summed E-state index contributed by atoms with van der Waals surface area (Å²) in [5, 5.41) is 5.69. The van der Waals surface area contributed by atoms with Gasteiger partial charge < -0.3 is 26.0 Å². The van der Waals surface area contributed by atoms with Crippen LogP contribution in [0.4, 0.5) is 24.5 Å². The van der Waals surface area contributed by atoms with Crippen molar-refractivity contribution in [2.45, 2.75) is 25.2 Å². The van der Waals surface area contributed by atoms with Crippen LogP contribution in [0.25, 0.3) is 0 Å². The second-order valence-electron chi connectivity index (χ2n) is 7.24. The summed E-state index contributed by atoms with van der Waals surface area (Å²) in [7, 11) is 0. The monoisotopic (exact) mass is 450 g/mol. The number of fused-ring (bicyclic) bond motifs is 1. The van der Waals surface area contributed by atoms with Gasteiger partial charge in [-0.1, -0.05) is 30.3 Å². The summed E-state index contributed by atoms with van der Waals surface area (Å²) in [5.74, 6) is -3.15. The molecule has 2 aromatic rings. The first-order chi connectivity index (χ1) is 15.0. The molecule has 1 heterocycles. The topological polar surface area (TPSA) is 114 Å². The van der Waals surface area contributed by atoms with E-state index in [9.17, 15) is 27.6 Å². The third kappa shape index (κ3) is 5.48. The number of nitrogens with one attached hydrogen (secondary N) is 2. The first-order valence-corrected chi connectivity index (χ1v) is 9.59.